The van der Waals surface area contributed by atoms with Gasteiger partial charge in [0.1, 0.15) is 0 Å². The summed E-state index contributed by atoms with van der Waals surface area (Å²) in [4.78, 5) is 6.80. The molecule has 1 aliphatic carbocycles. The average Bonchev–Trinajstić information content (AvgIpc) is 3.17. The molecule has 0 amide bonds. The standard InChI is InChI=1S/C16H27N3S/c1-2-5-15(4-1)19-11-9-18(10-12-19)8-7-17-14-16-6-3-13-20-16/h3,6,13,15,17H,1-2,4-5,7-12,14H2. The average molecular weight is 293 g/mol. The molecule has 0 spiro atoms. The van der Waals surface area contributed by atoms with E-state index in [2.05, 4.69) is 32.6 Å². The predicted octanol–water partition coefficient (Wildman–Crippen LogP) is 2.40. The van der Waals surface area contributed by atoms with E-state index >= 15 is 0 Å². The molecule has 0 unspecified atom stereocenters. The highest BCUT2D eigenvalue weighted by molar-refractivity contribution is 7.09. The summed E-state index contributed by atoms with van der Waals surface area (Å²) < 4.78 is 0. The molecule has 1 N–H and O–H groups in total. The largest absolute Gasteiger partial charge is 0.311 e. The summed E-state index contributed by atoms with van der Waals surface area (Å²) in [6, 6.07) is 5.25. The Morgan fingerprint density at radius 2 is 1.95 bits per heavy atom. The summed E-state index contributed by atoms with van der Waals surface area (Å²) in [6.45, 7) is 8.43. The van der Waals surface area contributed by atoms with E-state index in [1.165, 1.54) is 63.3 Å². The number of piperazine rings is 1. The number of nitrogens with zero attached hydrogens (tertiary/aromatic N) is 2. The SMILES string of the molecule is c1csc(CNCCN2CCN(C3CCCC3)CC2)c1. The van der Waals surface area contributed by atoms with Crippen LogP contribution in [0.3, 0.4) is 0 Å². The van der Waals surface area contributed by atoms with Crippen LogP contribution < -0.4 is 5.32 Å². The molecule has 4 heteroatoms. The lowest BCUT2D eigenvalue weighted by atomic mass is 10.2. The van der Waals surface area contributed by atoms with Crippen molar-refractivity contribution in [2.45, 2.75) is 38.3 Å². The number of hydrogen-bond donors (Lipinski definition) is 1. The summed E-state index contributed by atoms with van der Waals surface area (Å²) in [6.07, 6.45) is 5.81. The summed E-state index contributed by atoms with van der Waals surface area (Å²) in [7, 11) is 0. The van der Waals surface area contributed by atoms with Gasteiger partial charge in [0.05, 0.1) is 0 Å². The van der Waals surface area contributed by atoms with Crippen LogP contribution in [0, 0.1) is 0 Å². The molecular formula is C16H27N3S. The normalized spacial score (nSPS) is 22.6. The Morgan fingerprint density at radius 3 is 2.65 bits per heavy atom. The quantitative estimate of drug-likeness (QED) is 0.813. The van der Waals surface area contributed by atoms with Crippen LogP contribution in [-0.4, -0.2) is 55.1 Å². The molecule has 1 aliphatic heterocycles. The third-order valence-electron chi connectivity index (χ3n) is 4.73. The number of nitrogens with one attached hydrogen (secondary N) is 1. The molecule has 1 aromatic rings. The van der Waals surface area contributed by atoms with Crippen LogP contribution in [0.1, 0.15) is 30.6 Å². The van der Waals surface area contributed by atoms with Gasteiger partial charge >= 0.3 is 0 Å². The van der Waals surface area contributed by atoms with Crippen LogP contribution in [0.5, 0.6) is 0 Å². The summed E-state index contributed by atoms with van der Waals surface area (Å²) in [5.74, 6) is 0. The maximum absolute atomic E-state index is 3.56. The first-order valence-electron chi connectivity index (χ1n) is 8.11. The van der Waals surface area contributed by atoms with E-state index < -0.39 is 0 Å². The van der Waals surface area contributed by atoms with E-state index in [1.807, 2.05) is 11.3 Å². The van der Waals surface area contributed by atoms with E-state index in [4.69, 9.17) is 0 Å². The molecule has 112 valence electrons. The highest BCUT2D eigenvalue weighted by Gasteiger charge is 2.25. The number of thiophene rings is 1. The monoisotopic (exact) mass is 293 g/mol. The van der Waals surface area contributed by atoms with Crippen LogP contribution in [-0.2, 0) is 6.54 Å². The van der Waals surface area contributed by atoms with E-state index in [0.29, 0.717) is 0 Å². The second-order valence-corrected chi connectivity index (χ2v) is 7.10. The van der Waals surface area contributed by atoms with Gasteiger partial charge in [0.2, 0.25) is 0 Å². The Morgan fingerprint density at radius 1 is 1.15 bits per heavy atom. The van der Waals surface area contributed by atoms with Crippen LogP contribution in [0.4, 0.5) is 0 Å². The van der Waals surface area contributed by atoms with Gasteiger partial charge in [-0.15, -0.1) is 11.3 Å². The lowest BCUT2D eigenvalue weighted by molar-refractivity contribution is 0.0984. The van der Waals surface area contributed by atoms with E-state index in [1.54, 1.807) is 0 Å². The van der Waals surface area contributed by atoms with Gasteiger partial charge in [-0.2, -0.15) is 0 Å². The van der Waals surface area contributed by atoms with Crippen LogP contribution in [0.25, 0.3) is 0 Å². The first kappa shape index (κ1) is 14.5. The Hall–Kier alpha value is -0.420. The van der Waals surface area contributed by atoms with Gasteiger partial charge in [-0.05, 0) is 24.3 Å². The highest BCUT2D eigenvalue weighted by Crippen LogP contribution is 2.24. The fraction of sp³-hybridized carbons (Fsp3) is 0.750. The third kappa shape index (κ3) is 4.04. The Balaban J connectivity index is 1.28. The molecular weight excluding hydrogens is 266 g/mol. The first-order valence-corrected chi connectivity index (χ1v) is 8.99. The highest BCUT2D eigenvalue weighted by atomic mass is 32.1. The number of hydrogen-bond acceptors (Lipinski definition) is 4. The Labute approximate surface area is 127 Å². The smallest absolute Gasteiger partial charge is 0.0300 e. The minimum Gasteiger partial charge on any atom is -0.311 e. The van der Waals surface area contributed by atoms with Crippen molar-refractivity contribution in [1.82, 2.24) is 15.1 Å². The van der Waals surface area contributed by atoms with Gasteiger partial charge in [-0.1, -0.05) is 18.9 Å². The minimum absolute atomic E-state index is 0.911. The summed E-state index contributed by atoms with van der Waals surface area (Å²) >= 11 is 1.84. The predicted molar refractivity (Wildman–Crippen MR) is 86.3 cm³/mol. The molecule has 2 aliphatic rings. The molecule has 2 fully saturated rings. The second-order valence-electron chi connectivity index (χ2n) is 6.07. The van der Waals surface area contributed by atoms with Crippen LogP contribution in [0.2, 0.25) is 0 Å². The van der Waals surface area contributed by atoms with Crippen molar-refractivity contribution in [1.29, 1.82) is 0 Å². The molecule has 1 saturated heterocycles. The molecule has 2 heterocycles. The van der Waals surface area contributed by atoms with E-state index in [-0.39, 0.29) is 0 Å². The molecule has 0 bridgehead atoms. The zero-order valence-electron chi connectivity index (χ0n) is 12.4. The number of rotatable bonds is 6. The molecule has 20 heavy (non-hydrogen) atoms. The zero-order chi connectivity index (χ0) is 13.6. The summed E-state index contributed by atoms with van der Waals surface area (Å²) in [5, 5.41) is 5.71. The molecule has 3 nitrogen and oxygen atoms in total. The van der Waals surface area contributed by atoms with Gasteiger partial charge in [0, 0.05) is 56.7 Å². The lowest BCUT2D eigenvalue weighted by Gasteiger charge is -2.38. The van der Waals surface area contributed by atoms with Gasteiger partial charge in [0.15, 0.2) is 0 Å². The third-order valence-corrected chi connectivity index (χ3v) is 5.61. The fourth-order valence-corrected chi connectivity index (χ4v) is 4.16. The van der Waals surface area contributed by atoms with Crippen molar-refractivity contribution in [3.05, 3.63) is 22.4 Å². The Kier molecular flexibility index (Phi) is 5.48. The maximum Gasteiger partial charge on any atom is 0.0300 e. The topological polar surface area (TPSA) is 18.5 Å². The van der Waals surface area contributed by atoms with Gasteiger partial charge in [-0.25, -0.2) is 0 Å². The van der Waals surface area contributed by atoms with E-state index in [0.717, 1.165) is 19.1 Å². The maximum atomic E-state index is 3.56. The molecule has 3 rings (SSSR count). The van der Waals surface area contributed by atoms with Crippen molar-refractivity contribution in [2.24, 2.45) is 0 Å². The van der Waals surface area contributed by atoms with Crippen molar-refractivity contribution in [3.63, 3.8) is 0 Å². The fourth-order valence-electron chi connectivity index (χ4n) is 3.48. The Bertz CT molecular complexity index is 365. The lowest BCUT2D eigenvalue weighted by Crippen LogP contribution is -2.50. The molecule has 0 aromatic carbocycles. The molecule has 0 atom stereocenters. The van der Waals surface area contributed by atoms with E-state index in [9.17, 15) is 0 Å². The van der Waals surface area contributed by atoms with Crippen LogP contribution in [0.15, 0.2) is 17.5 Å². The molecule has 0 radical (unpaired) electrons. The zero-order valence-corrected chi connectivity index (χ0v) is 13.2. The van der Waals surface area contributed by atoms with Gasteiger partial charge in [-0.3, -0.25) is 9.80 Å². The van der Waals surface area contributed by atoms with Crippen LogP contribution >= 0.6 is 11.3 Å². The van der Waals surface area contributed by atoms with Crippen molar-refractivity contribution in [3.8, 4) is 0 Å². The first-order chi connectivity index (χ1) is 9.92. The molecule has 1 saturated carbocycles. The minimum atomic E-state index is 0.911. The summed E-state index contributed by atoms with van der Waals surface area (Å²) in [5.41, 5.74) is 0. The second kappa shape index (κ2) is 7.55. The van der Waals surface area contributed by atoms with Gasteiger partial charge < -0.3 is 5.32 Å². The van der Waals surface area contributed by atoms with Crippen molar-refractivity contribution >= 4 is 11.3 Å². The molecule has 1 aromatic heterocycles. The van der Waals surface area contributed by atoms with Gasteiger partial charge in [0.25, 0.3) is 0 Å². The van der Waals surface area contributed by atoms with Crippen molar-refractivity contribution in [2.75, 3.05) is 39.3 Å². The van der Waals surface area contributed by atoms with Crippen molar-refractivity contribution < 1.29 is 0 Å².